The van der Waals surface area contributed by atoms with E-state index in [-0.39, 0.29) is 9.87 Å². The van der Waals surface area contributed by atoms with Gasteiger partial charge in [-0.2, -0.15) is 0 Å². The van der Waals surface area contributed by atoms with E-state index in [4.69, 9.17) is 0 Å². The largest absolute Gasteiger partial charge is 0.292 e. The second kappa shape index (κ2) is 2.59. The van der Waals surface area contributed by atoms with E-state index in [0.29, 0.717) is 6.67 Å². The van der Waals surface area contributed by atoms with Crippen LogP contribution in [0, 0.1) is 10.1 Å². The molecule has 1 aliphatic heterocycles. The Morgan fingerprint density at radius 2 is 2.33 bits per heavy atom. The molecule has 0 aromatic heterocycles. The van der Waals surface area contributed by atoms with Crippen LogP contribution in [0.15, 0.2) is 0 Å². The van der Waals surface area contributed by atoms with Gasteiger partial charge in [-0.25, -0.2) is 5.32 Å². The van der Waals surface area contributed by atoms with E-state index < -0.39 is 6.17 Å². The molecule has 0 aromatic rings. The van der Waals surface area contributed by atoms with Crippen LogP contribution in [0.4, 0.5) is 0 Å². The van der Waals surface area contributed by atoms with Gasteiger partial charge in [0.2, 0.25) is 0 Å². The van der Waals surface area contributed by atoms with Crippen molar-refractivity contribution in [3.63, 3.8) is 0 Å². The quantitative estimate of drug-likeness (QED) is 0.256. The van der Waals surface area contributed by atoms with Gasteiger partial charge in [-0.05, 0) is 0 Å². The molecule has 0 bridgehead atoms. The first-order chi connectivity index (χ1) is 4.22. The SMILES string of the molecule is O=[N+]([O-])C1NCNC1Br. The molecule has 1 saturated heterocycles. The van der Waals surface area contributed by atoms with E-state index in [1.807, 2.05) is 0 Å². The predicted octanol–water partition coefficient (Wildman–Crippen LogP) is -0.539. The van der Waals surface area contributed by atoms with Crippen LogP contribution in [-0.2, 0) is 0 Å². The fourth-order valence-electron chi connectivity index (χ4n) is 0.657. The Hall–Kier alpha value is -0.200. The molecule has 0 amide bonds. The predicted molar refractivity (Wildman–Crippen MR) is 34.6 cm³/mol. The number of hydrogen-bond acceptors (Lipinski definition) is 4. The minimum Gasteiger partial charge on any atom is -0.285 e. The highest BCUT2D eigenvalue weighted by Crippen LogP contribution is 2.06. The normalized spacial score (nSPS) is 34.8. The fourth-order valence-corrected chi connectivity index (χ4v) is 1.20. The number of nitrogens with zero attached hydrogens (tertiary/aromatic N) is 1. The van der Waals surface area contributed by atoms with E-state index in [0.717, 1.165) is 0 Å². The molecule has 0 aromatic carbocycles. The monoisotopic (exact) mass is 195 g/mol. The highest BCUT2D eigenvalue weighted by atomic mass is 79.9. The zero-order chi connectivity index (χ0) is 6.85. The lowest BCUT2D eigenvalue weighted by Gasteiger charge is -2.02. The van der Waals surface area contributed by atoms with Gasteiger partial charge in [-0.3, -0.25) is 15.4 Å². The summed E-state index contributed by atoms with van der Waals surface area (Å²) in [7, 11) is 0. The summed E-state index contributed by atoms with van der Waals surface area (Å²) in [4.78, 5) is 9.48. The summed E-state index contributed by atoms with van der Waals surface area (Å²) < 4.78 is 0. The number of rotatable bonds is 1. The van der Waals surface area contributed by atoms with Gasteiger partial charge in [-0.1, -0.05) is 15.9 Å². The molecule has 5 nitrogen and oxygen atoms in total. The molecule has 0 saturated carbocycles. The Bertz CT molecular complexity index is 130. The topological polar surface area (TPSA) is 67.2 Å². The first kappa shape index (κ1) is 6.91. The Kier molecular flexibility index (Phi) is 1.99. The van der Waals surface area contributed by atoms with Crippen LogP contribution in [0.3, 0.4) is 0 Å². The van der Waals surface area contributed by atoms with Gasteiger partial charge in [-0.15, -0.1) is 0 Å². The van der Waals surface area contributed by atoms with Crippen LogP contribution in [-0.4, -0.2) is 22.7 Å². The molecule has 52 valence electrons. The van der Waals surface area contributed by atoms with Gasteiger partial charge in [0.25, 0.3) is 6.17 Å². The van der Waals surface area contributed by atoms with E-state index in [1.165, 1.54) is 0 Å². The number of nitrogens with one attached hydrogen (secondary N) is 2. The van der Waals surface area contributed by atoms with Crippen LogP contribution in [0.25, 0.3) is 0 Å². The summed E-state index contributed by atoms with van der Waals surface area (Å²) in [5.41, 5.74) is 0. The summed E-state index contributed by atoms with van der Waals surface area (Å²) in [5, 5.41) is 15.5. The molecule has 9 heavy (non-hydrogen) atoms. The maximum atomic E-state index is 10.1. The minimum atomic E-state index is -0.690. The Morgan fingerprint density at radius 3 is 2.56 bits per heavy atom. The minimum absolute atomic E-state index is 0.243. The summed E-state index contributed by atoms with van der Waals surface area (Å²) >= 11 is 3.09. The fraction of sp³-hybridized carbons (Fsp3) is 1.00. The van der Waals surface area contributed by atoms with Crippen molar-refractivity contribution in [2.45, 2.75) is 11.1 Å². The second-order valence-corrected chi connectivity index (χ2v) is 2.70. The molecule has 1 rings (SSSR count). The van der Waals surface area contributed by atoms with Crippen molar-refractivity contribution in [1.29, 1.82) is 0 Å². The number of halogens is 1. The maximum absolute atomic E-state index is 10.1. The molecular formula is C3H6BrN3O2. The number of hydrogen-bond donors (Lipinski definition) is 2. The first-order valence-corrected chi connectivity index (χ1v) is 3.38. The molecule has 2 N–H and O–H groups in total. The van der Waals surface area contributed by atoms with Gasteiger partial charge in [0.15, 0.2) is 0 Å². The molecule has 0 aliphatic carbocycles. The lowest BCUT2D eigenvalue weighted by molar-refractivity contribution is -0.524. The molecule has 1 aliphatic rings. The highest BCUT2D eigenvalue weighted by Gasteiger charge is 2.33. The van der Waals surface area contributed by atoms with E-state index >= 15 is 0 Å². The van der Waals surface area contributed by atoms with Gasteiger partial charge in [0, 0.05) is 4.92 Å². The maximum Gasteiger partial charge on any atom is 0.292 e. The average Bonchev–Trinajstić information content (AvgIpc) is 2.13. The molecule has 6 heteroatoms. The Balaban J connectivity index is 2.49. The van der Waals surface area contributed by atoms with Crippen molar-refractivity contribution in [2.75, 3.05) is 6.67 Å². The number of nitro groups is 1. The average molecular weight is 196 g/mol. The lowest BCUT2D eigenvalue weighted by Crippen LogP contribution is -2.36. The Morgan fingerprint density at radius 1 is 1.67 bits per heavy atom. The third kappa shape index (κ3) is 1.38. The molecule has 2 atom stereocenters. The van der Waals surface area contributed by atoms with E-state index in [1.54, 1.807) is 0 Å². The van der Waals surface area contributed by atoms with Gasteiger partial charge >= 0.3 is 0 Å². The molecule has 1 fully saturated rings. The van der Waals surface area contributed by atoms with Crippen LogP contribution in [0.2, 0.25) is 0 Å². The highest BCUT2D eigenvalue weighted by molar-refractivity contribution is 9.09. The summed E-state index contributed by atoms with van der Waals surface area (Å²) in [6, 6.07) is 0. The van der Waals surface area contributed by atoms with Crippen molar-refractivity contribution in [3.05, 3.63) is 10.1 Å². The van der Waals surface area contributed by atoms with Crippen LogP contribution >= 0.6 is 15.9 Å². The second-order valence-electron chi connectivity index (χ2n) is 1.72. The first-order valence-electron chi connectivity index (χ1n) is 2.46. The molecular weight excluding hydrogens is 190 g/mol. The summed E-state index contributed by atoms with van der Waals surface area (Å²) in [6.07, 6.45) is -0.690. The van der Waals surface area contributed by atoms with Crippen molar-refractivity contribution in [1.82, 2.24) is 10.6 Å². The van der Waals surface area contributed by atoms with Crippen molar-refractivity contribution in [3.8, 4) is 0 Å². The summed E-state index contributed by atoms with van der Waals surface area (Å²) in [6.45, 7) is 0.488. The third-order valence-corrected chi connectivity index (χ3v) is 1.94. The van der Waals surface area contributed by atoms with Crippen molar-refractivity contribution in [2.24, 2.45) is 0 Å². The van der Waals surface area contributed by atoms with E-state index in [2.05, 4.69) is 26.6 Å². The third-order valence-electron chi connectivity index (χ3n) is 1.11. The number of alkyl halides is 1. The molecule has 0 spiro atoms. The van der Waals surface area contributed by atoms with Crippen molar-refractivity contribution < 1.29 is 4.92 Å². The lowest BCUT2D eigenvalue weighted by atomic mass is 10.5. The molecule has 2 unspecified atom stereocenters. The zero-order valence-electron chi connectivity index (χ0n) is 4.50. The Labute approximate surface area is 60.1 Å². The smallest absolute Gasteiger partial charge is 0.285 e. The van der Waals surface area contributed by atoms with Crippen LogP contribution in [0.1, 0.15) is 0 Å². The zero-order valence-corrected chi connectivity index (χ0v) is 6.09. The van der Waals surface area contributed by atoms with Gasteiger partial charge in [0.1, 0.15) is 4.95 Å². The molecule has 0 radical (unpaired) electrons. The van der Waals surface area contributed by atoms with E-state index in [9.17, 15) is 10.1 Å². The van der Waals surface area contributed by atoms with Gasteiger partial charge in [0.05, 0.1) is 6.67 Å². The van der Waals surface area contributed by atoms with Gasteiger partial charge < -0.3 is 0 Å². The summed E-state index contributed by atoms with van der Waals surface area (Å²) in [5.74, 6) is 0. The standard InChI is InChI=1S/C3H6BrN3O2/c4-2-3(7(8)9)6-1-5-2/h2-3,5-6H,1H2. The van der Waals surface area contributed by atoms with Crippen molar-refractivity contribution >= 4 is 15.9 Å². The van der Waals surface area contributed by atoms with Crippen LogP contribution < -0.4 is 10.6 Å². The molecule has 1 heterocycles. The van der Waals surface area contributed by atoms with Crippen LogP contribution in [0.5, 0.6) is 0 Å².